The highest BCUT2D eigenvalue weighted by molar-refractivity contribution is 5.96. The summed E-state index contributed by atoms with van der Waals surface area (Å²) < 4.78 is 10.9. The second-order valence-electron chi connectivity index (χ2n) is 7.85. The maximum atomic E-state index is 12.5. The van der Waals surface area contributed by atoms with Crippen LogP contribution in [0, 0.1) is 5.92 Å². The van der Waals surface area contributed by atoms with Crippen LogP contribution in [0.25, 0.3) is 0 Å². The van der Waals surface area contributed by atoms with Gasteiger partial charge in [0.15, 0.2) is 11.5 Å². The molecule has 1 amide bonds. The Balaban J connectivity index is 1.52. The zero-order chi connectivity index (χ0) is 19.1. The zero-order valence-electron chi connectivity index (χ0n) is 16.0. The molecule has 2 aromatic rings. The Morgan fingerprint density at radius 2 is 2.14 bits per heavy atom. The first kappa shape index (κ1) is 17.3. The van der Waals surface area contributed by atoms with Gasteiger partial charge in [0.2, 0.25) is 6.79 Å². The van der Waals surface area contributed by atoms with E-state index in [1.54, 1.807) is 0 Å². The molecule has 28 heavy (non-hydrogen) atoms. The summed E-state index contributed by atoms with van der Waals surface area (Å²) in [5.41, 5.74) is 2.57. The Bertz CT molecular complexity index is 930. The normalized spacial score (nSPS) is 20.7. The predicted molar refractivity (Wildman–Crippen MR) is 104 cm³/mol. The van der Waals surface area contributed by atoms with E-state index in [4.69, 9.17) is 14.5 Å². The number of ether oxygens (including phenoxy) is 2. The summed E-state index contributed by atoms with van der Waals surface area (Å²) in [5, 5.41) is 2.92. The zero-order valence-corrected chi connectivity index (χ0v) is 16.0. The third-order valence-electron chi connectivity index (χ3n) is 5.66. The molecule has 0 radical (unpaired) electrons. The molecule has 146 valence electrons. The van der Waals surface area contributed by atoms with Crippen molar-refractivity contribution in [2.24, 2.45) is 5.92 Å². The first-order valence-electron chi connectivity index (χ1n) is 9.99. The van der Waals surface area contributed by atoms with Crippen molar-refractivity contribution in [1.82, 2.24) is 15.3 Å². The number of rotatable bonds is 3. The van der Waals surface area contributed by atoms with Crippen LogP contribution in [-0.2, 0) is 12.8 Å². The molecule has 7 heteroatoms. The number of nitrogens with zero attached hydrogens (tertiary/aromatic N) is 3. The fraction of sp³-hybridized carbons (Fsp3) is 0.476. The number of hydrogen-bond acceptors (Lipinski definition) is 6. The minimum absolute atomic E-state index is 0.0955. The molecule has 1 aromatic carbocycles. The maximum absolute atomic E-state index is 12.5. The topological polar surface area (TPSA) is 76.6 Å². The summed E-state index contributed by atoms with van der Waals surface area (Å²) in [6, 6.07) is 5.88. The number of fused-ring (bicyclic) bond motifs is 2. The van der Waals surface area contributed by atoms with Crippen LogP contribution in [0.2, 0.25) is 0 Å². The van der Waals surface area contributed by atoms with E-state index in [0.717, 1.165) is 54.4 Å². The molecule has 1 atom stereocenters. The fourth-order valence-electron chi connectivity index (χ4n) is 4.28. The van der Waals surface area contributed by atoms with Crippen molar-refractivity contribution >= 4 is 11.7 Å². The smallest absolute Gasteiger partial charge is 0.270 e. The third-order valence-corrected chi connectivity index (χ3v) is 5.66. The molecule has 3 aliphatic rings. The van der Waals surface area contributed by atoms with Gasteiger partial charge >= 0.3 is 0 Å². The second kappa shape index (κ2) is 6.96. The summed E-state index contributed by atoms with van der Waals surface area (Å²) in [7, 11) is 0. The van der Waals surface area contributed by atoms with Crippen LogP contribution in [0.4, 0.5) is 5.82 Å². The molecule has 5 rings (SSSR count). The molecule has 1 saturated heterocycles. The Labute approximate surface area is 164 Å². The van der Waals surface area contributed by atoms with Gasteiger partial charge in [-0.25, -0.2) is 9.97 Å². The van der Waals surface area contributed by atoms with Gasteiger partial charge in [-0.2, -0.15) is 0 Å². The molecular formula is C21H24N4O3. The molecule has 3 aliphatic heterocycles. The number of carbonyl (C=O) groups is 1. The summed E-state index contributed by atoms with van der Waals surface area (Å²) in [5.74, 6) is 3.66. The van der Waals surface area contributed by atoms with Gasteiger partial charge in [-0.15, -0.1) is 0 Å². The van der Waals surface area contributed by atoms with Crippen LogP contribution in [0.1, 0.15) is 47.2 Å². The van der Waals surface area contributed by atoms with Gasteiger partial charge in [-0.3, -0.25) is 4.79 Å². The summed E-state index contributed by atoms with van der Waals surface area (Å²) in [4.78, 5) is 24.4. The maximum Gasteiger partial charge on any atom is 0.270 e. The van der Waals surface area contributed by atoms with Crippen molar-refractivity contribution < 1.29 is 14.3 Å². The third kappa shape index (κ3) is 3.15. The first-order chi connectivity index (χ1) is 13.7. The van der Waals surface area contributed by atoms with Crippen molar-refractivity contribution in [3.63, 3.8) is 0 Å². The lowest BCUT2D eigenvalue weighted by molar-refractivity contribution is 0.0940. The summed E-state index contributed by atoms with van der Waals surface area (Å²) >= 11 is 0. The number of piperidine rings is 1. The largest absolute Gasteiger partial charge is 0.454 e. The van der Waals surface area contributed by atoms with Gasteiger partial charge < -0.3 is 19.7 Å². The SMILES string of the molecule is CC1CCCN(c2nc(Cc3ccc4c(c3)OCO4)nc3c2CCNC3=O)C1. The van der Waals surface area contributed by atoms with Crippen molar-refractivity contribution in [2.75, 3.05) is 31.3 Å². The van der Waals surface area contributed by atoms with Gasteiger partial charge in [0.1, 0.15) is 17.3 Å². The minimum atomic E-state index is -0.0955. The molecule has 1 fully saturated rings. The quantitative estimate of drug-likeness (QED) is 0.881. The van der Waals surface area contributed by atoms with E-state index in [9.17, 15) is 4.79 Å². The molecule has 4 heterocycles. The van der Waals surface area contributed by atoms with Gasteiger partial charge in [0.05, 0.1) is 0 Å². The van der Waals surface area contributed by atoms with Crippen molar-refractivity contribution in [3.05, 3.63) is 40.8 Å². The van der Waals surface area contributed by atoms with E-state index in [2.05, 4.69) is 22.1 Å². The number of nitrogens with one attached hydrogen (secondary N) is 1. The number of hydrogen-bond donors (Lipinski definition) is 1. The molecule has 0 aliphatic carbocycles. The van der Waals surface area contributed by atoms with Crippen LogP contribution in [0.3, 0.4) is 0 Å². The number of amides is 1. The lowest BCUT2D eigenvalue weighted by atomic mass is 9.98. The first-order valence-corrected chi connectivity index (χ1v) is 9.99. The van der Waals surface area contributed by atoms with E-state index in [1.165, 1.54) is 6.42 Å². The molecule has 1 aromatic heterocycles. The van der Waals surface area contributed by atoms with Gasteiger partial charge in [-0.05, 0) is 42.9 Å². The molecule has 7 nitrogen and oxygen atoms in total. The van der Waals surface area contributed by atoms with Crippen molar-refractivity contribution in [2.45, 2.75) is 32.6 Å². The van der Waals surface area contributed by atoms with Crippen molar-refractivity contribution in [1.29, 1.82) is 0 Å². The van der Waals surface area contributed by atoms with Gasteiger partial charge in [-0.1, -0.05) is 13.0 Å². The number of carbonyl (C=O) groups excluding carboxylic acids is 1. The predicted octanol–water partition coefficient (Wildman–Crippen LogP) is 2.32. The highest BCUT2D eigenvalue weighted by atomic mass is 16.7. The molecule has 0 saturated carbocycles. The van der Waals surface area contributed by atoms with E-state index in [1.807, 2.05) is 18.2 Å². The van der Waals surface area contributed by atoms with Gasteiger partial charge in [0, 0.05) is 31.6 Å². The average molecular weight is 380 g/mol. The Morgan fingerprint density at radius 3 is 3.04 bits per heavy atom. The average Bonchev–Trinajstić information content (AvgIpc) is 3.16. The Kier molecular flexibility index (Phi) is 4.30. The highest BCUT2D eigenvalue weighted by Gasteiger charge is 2.28. The van der Waals surface area contributed by atoms with E-state index < -0.39 is 0 Å². The molecule has 0 spiro atoms. The van der Waals surface area contributed by atoms with Crippen LogP contribution in [-0.4, -0.2) is 42.3 Å². The molecular weight excluding hydrogens is 356 g/mol. The van der Waals surface area contributed by atoms with Crippen LogP contribution in [0.15, 0.2) is 18.2 Å². The highest BCUT2D eigenvalue weighted by Crippen LogP contribution is 2.33. The summed E-state index contributed by atoms with van der Waals surface area (Å²) in [6.07, 6.45) is 3.73. The number of anilines is 1. The van der Waals surface area contributed by atoms with Gasteiger partial charge in [0.25, 0.3) is 5.91 Å². The lowest BCUT2D eigenvalue weighted by Crippen LogP contribution is -2.39. The number of benzene rings is 1. The van der Waals surface area contributed by atoms with Crippen LogP contribution >= 0.6 is 0 Å². The second-order valence-corrected chi connectivity index (χ2v) is 7.85. The molecule has 0 bridgehead atoms. The Hall–Kier alpha value is -2.83. The van der Waals surface area contributed by atoms with E-state index in [-0.39, 0.29) is 12.7 Å². The fourth-order valence-corrected chi connectivity index (χ4v) is 4.28. The Morgan fingerprint density at radius 1 is 1.25 bits per heavy atom. The number of aromatic nitrogens is 2. The van der Waals surface area contributed by atoms with Crippen molar-refractivity contribution in [3.8, 4) is 11.5 Å². The monoisotopic (exact) mass is 380 g/mol. The van der Waals surface area contributed by atoms with E-state index in [0.29, 0.717) is 30.4 Å². The lowest BCUT2D eigenvalue weighted by Gasteiger charge is -2.34. The molecule has 1 unspecified atom stereocenters. The standard InChI is InChI=1S/C21H24N4O3/c1-13-3-2-8-25(11-13)20-15-6-7-22-21(26)19(15)23-18(24-20)10-14-4-5-16-17(9-14)28-12-27-16/h4-5,9,13H,2-3,6-8,10-12H2,1H3,(H,22,26). The van der Waals surface area contributed by atoms with Crippen LogP contribution < -0.4 is 19.7 Å². The summed E-state index contributed by atoms with van der Waals surface area (Å²) in [6.45, 7) is 5.14. The minimum Gasteiger partial charge on any atom is -0.454 e. The molecule has 1 N–H and O–H groups in total. The van der Waals surface area contributed by atoms with E-state index >= 15 is 0 Å². The van der Waals surface area contributed by atoms with Crippen LogP contribution in [0.5, 0.6) is 11.5 Å².